The monoisotopic (exact) mass is 360 g/mol. The molecule has 1 atom stereocenters. The van der Waals surface area contributed by atoms with Crippen LogP contribution < -0.4 is 0 Å². The van der Waals surface area contributed by atoms with Crippen LogP contribution in [0, 0.1) is 0 Å². The summed E-state index contributed by atoms with van der Waals surface area (Å²) in [5.74, 6) is -0.0283. The summed E-state index contributed by atoms with van der Waals surface area (Å²) in [6.45, 7) is 7.33. The molecule has 0 fully saturated rings. The van der Waals surface area contributed by atoms with Crippen LogP contribution >= 0.6 is 0 Å². The maximum absolute atomic E-state index is 11.7. The van der Waals surface area contributed by atoms with E-state index in [9.17, 15) is 4.79 Å². The second-order valence-corrected chi connectivity index (χ2v) is 7.32. The summed E-state index contributed by atoms with van der Waals surface area (Å²) in [6, 6.07) is 2.51. The Labute approximate surface area is 154 Å². The fourth-order valence-electron chi connectivity index (χ4n) is 3.12. The highest BCUT2D eigenvalue weighted by Crippen LogP contribution is 2.22. The summed E-state index contributed by atoms with van der Waals surface area (Å²) in [5.41, 5.74) is 2.37. The minimum Gasteiger partial charge on any atom is -0.369 e. The molecule has 3 rings (SSSR count). The standard InChI is InChI=1S/C18H28N6O2/c1-14(2)23-9-15(7-20-23)8-22-10-16-5-6-19-24(16)17(11-22)12-26-13-18(25)21(3)4/h5-7,9,14,17H,8,10-13H2,1-4H3/t17-/m0/s1. The van der Waals surface area contributed by atoms with Gasteiger partial charge in [-0.3, -0.25) is 19.1 Å². The molecular formula is C18H28N6O2. The van der Waals surface area contributed by atoms with Gasteiger partial charge in [-0.05, 0) is 19.9 Å². The van der Waals surface area contributed by atoms with Gasteiger partial charge < -0.3 is 9.64 Å². The van der Waals surface area contributed by atoms with Crippen LogP contribution in [0.3, 0.4) is 0 Å². The Morgan fingerprint density at radius 3 is 2.88 bits per heavy atom. The number of likely N-dealkylation sites (N-methyl/N-ethyl adjacent to an activating group) is 1. The van der Waals surface area contributed by atoms with Gasteiger partial charge in [0.05, 0.1) is 24.5 Å². The molecule has 2 aromatic heterocycles. The fourth-order valence-corrected chi connectivity index (χ4v) is 3.12. The molecule has 8 heteroatoms. The zero-order valence-electron chi connectivity index (χ0n) is 16.0. The Kier molecular flexibility index (Phi) is 5.73. The number of nitrogens with zero attached hydrogens (tertiary/aromatic N) is 6. The molecule has 0 saturated carbocycles. The third-order valence-corrected chi connectivity index (χ3v) is 4.58. The Hall–Kier alpha value is -2.19. The molecule has 3 heterocycles. The smallest absolute Gasteiger partial charge is 0.248 e. The first-order chi connectivity index (χ1) is 12.4. The summed E-state index contributed by atoms with van der Waals surface area (Å²) < 4.78 is 9.67. The van der Waals surface area contributed by atoms with E-state index < -0.39 is 0 Å². The van der Waals surface area contributed by atoms with Crippen LogP contribution in [-0.4, -0.2) is 69.1 Å². The normalized spacial score (nSPS) is 17.5. The van der Waals surface area contributed by atoms with Crippen LogP contribution in [0.15, 0.2) is 24.7 Å². The summed E-state index contributed by atoms with van der Waals surface area (Å²) in [6.07, 6.45) is 5.87. The fraction of sp³-hybridized carbons (Fsp3) is 0.611. The summed E-state index contributed by atoms with van der Waals surface area (Å²) in [7, 11) is 3.47. The van der Waals surface area contributed by atoms with Gasteiger partial charge in [0.2, 0.25) is 5.91 Å². The van der Waals surface area contributed by atoms with E-state index in [1.165, 1.54) is 11.3 Å². The van der Waals surface area contributed by atoms with Crippen molar-refractivity contribution in [3.63, 3.8) is 0 Å². The first kappa shape index (κ1) is 18.6. The molecule has 2 aromatic rings. The molecule has 26 heavy (non-hydrogen) atoms. The Bertz CT molecular complexity index is 736. The number of fused-ring (bicyclic) bond motifs is 1. The van der Waals surface area contributed by atoms with Crippen molar-refractivity contribution in [2.24, 2.45) is 0 Å². The van der Waals surface area contributed by atoms with Crippen LogP contribution in [0.4, 0.5) is 0 Å². The van der Waals surface area contributed by atoms with E-state index in [1.54, 1.807) is 19.0 Å². The molecule has 0 aromatic carbocycles. The van der Waals surface area contributed by atoms with Gasteiger partial charge in [-0.2, -0.15) is 10.2 Å². The highest BCUT2D eigenvalue weighted by molar-refractivity contribution is 5.76. The maximum atomic E-state index is 11.7. The number of rotatable bonds is 7. The lowest BCUT2D eigenvalue weighted by Gasteiger charge is -2.33. The largest absolute Gasteiger partial charge is 0.369 e. The molecule has 0 radical (unpaired) electrons. The summed E-state index contributed by atoms with van der Waals surface area (Å²) in [5, 5.41) is 8.86. The van der Waals surface area contributed by atoms with Crippen molar-refractivity contribution in [1.29, 1.82) is 0 Å². The average molecular weight is 360 g/mol. The molecule has 1 aliphatic heterocycles. The van der Waals surface area contributed by atoms with Gasteiger partial charge in [-0.25, -0.2) is 0 Å². The van der Waals surface area contributed by atoms with E-state index in [4.69, 9.17) is 4.74 Å². The number of ether oxygens (including phenoxy) is 1. The molecule has 142 valence electrons. The maximum Gasteiger partial charge on any atom is 0.248 e. The van der Waals surface area contributed by atoms with E-state index in [-0.39, 0.29) is 18.6 Å². The number of hydrogen-bond donors (Lipinski definition) is 0. The van der Waals surface area contributed by atoms with Gasteiger partial charge in [0.1, 0.15) is 6.61 Å². The first-order valence-electron chi connectivity index (χ1n) is 8.99. The Balaban J connectivity index is 1.62. The van der Waals surface area contributed by atoms with Crippen molar-refractivity contribution < 1.29 is 9.53 Å². The molecule has 1 amide bonds. The van der Waals surface area contributed by atoms with Gasteiger partial charge in [-0.1, -0.05) is 0 Å². The molecule has 8 nitrogen and oxygen atoms in total. The molecule has 0 saturated heterocycles. The number of hydrogen-bond acceptors (Lipinski definition) is 5. The van der Waals surface area contributed by atoms with Gasteiger partial charge in [0, 0.05) is 57.7 Å². The van der Waals surface area contributed by atoms with Gasteiger partial charge in [0.25, 0.3) is 0 Å². The topological polar surface area (TPSA) is 68.4 Å². The number of aromatic nitrogens is 4. The van der Waals surface area contributed by atoms with Crippen molar-refractivity contribution in [2.75, 3.05) is 33.9 Å². The summed E-state index contributed by atoms with van der Waals surface area (Å²) in [4.78, 5) is 15.6. The number of amides is 1. The van der Waals surface area contributed by atoms with E-state index in [2.05, 4.69) is 35.1 Å². The number of carbonyl (C=O) groups excluding carboxylic acids is 1. The molecule has 0 bridgehead atoms. The lowest BCUT2D eigenvalue weighted by atomic mass is 10.2. The molecule has 1 aliphatic rings. The predicted molar refractivity (Wildman–Crippen MR) is 97.5 cm³/mol. The third kappa shape index (κ3) is 4.31. The quantitative estimate of drug-likeness (QED) is 0.745. The van der Waals surface area contributed by atoms with Crippen molar-refractivity contribution in [3.8, 4) is 0 Å². The second kappa shape index (κ2) is 8.01. The summed E-state index contributed by atoms with van der Waals surface area (Å²) >= 11 is 0. The van der Waals surface area contributed by atoms with Gasteiger partial charge >= 0.3 is 0 Å². The zero-order chi connectivity index (χ0) is 18.7. The van der Waals surface area contributed by atoms with Crippen LogP contribution in [0.25, 0.3) is 0 Å². The Morgan fingerprint density at radius 2 is 2.19 bits per heavy atom. The highest BCUT2D eigenvalue weighted by Gasteiger charge is 2.26. The van der Waals surface area contributed by atoms with Gasteiger partial charge in [0.15, 0.2) is 0 Å². The van der Waals surface area contributed by atoms with E-state index in [0.717, 1.165) is 19.6 Å². The number of carbonyl (C=O) groups is 1. The first-order valence-corrected chi connectivity index (χ1v) is 8.99. The minimum atomic E-state index is -0.0283. The second-order valence-electron chi connectivity index (χ2n) is 7.32. The van der Waals surface area contributed by atoms with Crippen molar-refractivity contribution in [1.82, 2.24) is 29.4 Å². The molecule has 0 spiro atoms. The third-order valence-electron chi connectivity index (χ3n) is 4.58. The van der Waals surface area contributed by atoms with Crippen LogP contribution in [-0.2, 0) is 22.6 Å². The SMILES string of the molecule is CC(C)n1cc(CN2Cc3ccnn3[C@H](COCC(=O)N(C)C)C2)cn1. The van der Waals surface area contributed by atoms with Gasteiger partial charge in [-0.15, -0.1) is 0 Å². The molecular weight excluding hydrogens is 332 g/mol. The van der Waals surface area contributed by atoms with Crippen molar-refractivity contribution in [3.05, 3.63) is 35.9 Å². The van der Waals surface area contributed by atoms with Crippen molar-refractivity contribution >= 4 is 5.91 Å². The minimum absolute atomic E-state index is 0.0283. The average Bonchev–Trinajstić information content (AvgIpc) is 3.23. The van der Waals surface area contributed by atoms with Crippen molar-refractivity contribution in [2.45, 2.75) is 39.0 Å². The molecule has 0 aliphatic carbocycles. The highest BCUT2D eigenvalue weighted by atomic mass is 16.5. The predicted octanol–water partition coefficient (Wildman–Crippen LogP) is 1.32. The molecule has 0 N–H and O–H groups in total. The van der Waals surface area contributed by atoms with E-state index in [1.807, 2.05) is 27.8 Å². The van der Waals surface area contributed by atoms with Crippen LogP contribution in [0.2, 0.25) is 0 Å². The zero-order valence-corrected chi connectivity index (χ0v) is 16.0. The van der Waals surface area contributed by atoms with E-state index >= 15 is 0 Å². The Morgan fingerprint density at radius 1 is 1.38 bits per heavy atom. The lowest BCUT2D eigenvalue weighted by Crippen LogP contribution is -2.39. The van der Waals surface area contributed by atoms with E-state index in [0.29, 0.717) is 12.6 Å². The lowest BCUT2D eigenvalue weighted by molar-refractivity contribution is -0.134. The van der Waals surface area contributed by atoms with Crippen LogP contribution in [0.1, 0.15) is 37.2 Å². The van der Waals surface area contributed by atoms with Crippen LogP contribution in [0.5, 0.6) is 0 Å². The molecule has 0 unspecified atom stereocenters.